The zero-order valence-electron chi connectivity index (χ0n) is 34.1. The minimum Gasteiger partial charge on any atom is -0.248 e. The Balaban J connectivity index is 1.10. The highest BCUT2D eigenvalue weighted by Gasteiger charge is 2.51. The number of hydrogen-bond donors (Lipinski definition) is 0. The van der Waals surface area contributed by atoms with E-state index in [1.165, 1.54) is 44.5 Å². The monoisotopic (exact) mass is 800 g/mol. The van der Waals surface area contributed by atoms with Crippen molar-refractivity contribution >= 4 is 21.7 Å². The van der Waals surface area contributed by atoms with Gasteiger partial charge in [0.05, 0.1) is 16.6 Å². The molecule has 0 amide bonds. The summed E-state index contributed by atoms with van der Waals surface area (Å²) in [4.78, 5) is 21.0. The van der Waals surface area contributed by atoms with Crippen molar-refractivity contribution in [3.05, 3.63) is 241 Å². The topological polar surface area (TPSA) is 51.6 Å². The minimum atomic E-state index is -0.473. The first-order valence-electron chi connectivity index (χ1n) is 21.5. The molecule has 63 heavy (non-hydrogen) atoms. The Kier molecular flexibility index (Phi) is 7.79. The SMILES string of the molecule is c1ccc(-c2cc(-c3cc(-c4nc(-c5ccccc5)nc(-c5ccccc5)n4)c4ccccc4c3)c3cc4c(cc3n2)C2(c3ccccc3-c3ccccc32)c2ccccc2-4)cc1. The Morgan fingerprint density at radius 1 is 0.270 bits per heavy atom. The third kappa shape index (κ3) is 5.35. The van der Waals surface area contributed by atoms with Crippen LogP contribution in [0.15, 0.2) is 218 Å². The van der Waals surface area contributed by atoms with Crippen molar-refractivity contribution in [1.29, 1.82) is 0 Å². The highest BCUT2D eigenvalue weighted by Crippen LogP contribution is 2.63. The molecule has 2 heterocycles. The van der Waals surface area contributed by atoms with Gasteiger partial charge in [0.25, 0.3) is 0 Å². The first-order chi connectivity index (χ1) is 31.2. The van der Waals surface area contributed by atoms with Crippen LogP contribution in [-0.4, -0.2) is 19.9 Å². The summed E-state index contributed by atoms with van der Waals surface area (Å²) in [6.45, 7) is 0. The Hall–Kier alpha value is -8.34. The maximum absolute atomic E-state index is 5.54. The Labute approximate surface area is 364 Å². The molecular weight excluding hydrogens is 765 g/mol. The van der Waals surface area contributed by atoms with E-state index in [0.29, 0.717) is 17.5 Å². The molecule has 0 saturated heterocycles. The first-order valence-corrected chi connectivity index (χ1v) is 21.5. The van der Waals surface area contributed by atoms with Crippen molar-refractivity contribution in [1.82, 2.24) is 19.9 Å². The standard InChI is InChI=1S/C59H36N4/c1-4-18-37(19-5-1)54-35-46(41-32-40-24-10-11-25-42(40)49(33-41)58-62-56(38-20-6-2-7-21-38)61-57(63-58)39-22-8-3-9-23-39)48-34-47-45-28-14-17-31-52(45)59(53(47)36-55(48)60-54)50-29-15-12-26-43(50)44-27-13-16-30-51(44)59/h1-36H. The zero-order valence-corrected chi connectivity index (χ0v) is 34.1. The number of nitrogens with zero attached hydrogens (tertiary/aromatic N) is 4. The predicted octanol–water partition coefficient (Wildman–Crippen LogP) is 14.3. The molecule has 1 spiro atoms. The van der Waals surface area contributed by atoms with Gasteiger partial charge in [-0.25, -0.2) is 19.9 Å². The van der Waals surface area contributed by atoms with Crippen LogP contribution < -0.4 is 0 Å². The molecule has 0 N–H and O–H groups in total. The fourth-order valence-corrected chi connectivity index (χ4v) is 10.4. The molecule has 4 nitrogen and oxygen atoms in total. The van der Waals surface area contributed by atoms with Gasteiger partial charge in [0.1, 0.15) is 0 Å². The third-order valence-corrected chi connectivity index (χ3v) is 13.1. The smallest absolute Gasteiger partial charge is 0.164 e. The second-order valence-corrected chi connectivity index (χ2v) is 16.5. The lowest BCUT2D eigenvalue weighted by atomic mass is 9.70. The summed E-state index contributed by atoms with van der Waals surface area (Å²) in [5.41, 5.74) is 17.7. The van der Waals surface area contributed by atoms with Crippen LogP contribution in [0.1, 0.15) is 22.3 Å². The molecule has 11 aromatic rings. The molecule has 0 unspecified atom stereocenters. The van der Waals surface area contributed by atoms with E-state index < -0.39 is 5.41 Å². The minimum absolute atomic E-state index is 0.473. The van der Waals surface area contributed by atoms with Crippen LogP contribution in [0.5, 0.6) is 0 Å². The Bertz CT molecular complexity index is 3510. The van der Waals surface area contributed by atoms with E-state index in [0.717, 1.165) is 60.8 Å². The summed E-state index contributed by atoms with van der Waals surface area (Å²) in [5.74, 6) is 1.89. The Morgan fingerprint density at radius 3 is 1.37 bits per heavy atom. The molecule has 4 heteroatoms. The molecule has 13 rings (SSSR count). The van der Waals surface area contributed by atoms with Gasteiger partial charge < -0.3 is 0 Å². The first kappa shape index (κ1) is 35.4. The quantitative estimate of drug-likeness (QED) is 0.174. The maximum Gasteiger partial charge on any atom is 0.164 e. The van der Waals surface area contributed by atoms with Gasteiger partial charge in [-0.05, 0) is 96.7 Å². The van der Waals surface area contributed by atoms with E-state index >= 15 is 0 Å². The molecule has 0 fully saturated rings. The van der Waals surface area contributed by atoms with Crippen LogP contribution in [0.4, 0.5) is 0 Å². The fourth-order valence-electron chi connectivity index (χ4n) is 10.4. The van der Waals surface area contributed by atoms with E-state index in [9.17, 15) is 0 Å². The van der Waals surface area contributed by atoms with Gasteiger partial charge in [-0.15, -0.1) is 0 Å². The van der Waals surface area contributed by atoms with Crippen LogP contribution in [0.25, 0.3) is 100 Å². The van der Waals surface area contributed by atoms with Gasteiger partial charge in [-0.3, -0.25) is 0 Å². The maximum atomic E-state index is 5.54. The predicted molar refractivity (Wildman–Crippen MR) is 256 cm³/mol. The van der Waals surface area contributed by atoms with E-state index in [4.69, 9.17) is 19.9 Å². The lowest BCUT2D eigenvalue weighted by Crippen LogP contribution is -2.25. The van der Waals surface area contributed by atoms with Gasteiger partial charge in [0.15, 0.2) is 17.5 Å². The fraction of sp³-hybridized carbons (Fsp3) is 0.0169. The molecule has 0 radical (unpaired) electrons. The van der Waals surface area contributed by atoms with Crippen LogP contribution in [0.3, 0.4) is 0 Å². The van der Waals surface area contributed by atoms with Gasteiger partial charge in [-0.1, -0.05) is 188 Å². The highest BCUT2D eigenvalue weighted by molar-refractivity contribution is 6.07. The summed E-state index contributed by atoms with van der Waals surface area (Å²) in [6, 6.07) is 78.0. The third-order valence-electron chi connectivity index (χ3n) is 13.1. The zero-order chi connectivity index (χ0) is 41.5. The normalized spacial score (nSPS) is 12.9. The molecule has 2 aromatic heterocycles. The van der Waals surface area contributed by atoms with Crippen molar-refractivity contribution in [3.63, 3.8) is 0 Å². The van der Waals surface area contributed by atoms with Gasteiger partial charge in [0.2, 0.25) is 0 Å². The highest BCUT2D eigenvalue weighted by atomic mass is 15.0. The van der Waals surface area contributed by atoms with E-state index in [1.807, 2.05) is 36.4 Å². The summed E-state index contributed by atoms with van der Waals surface area (Å²) >= 11 is 0. The van der Waals surface area contributed by atoms with Crippen molar-refractivity contribution < 1.29 is 0 Å². The molecule has 0 saturated carbocycles. The van der Waals surface area contributed by atoms with Crippen molar-refractivity contribution in [2.75, 3.05) is 0 Å². The average Bonchev–Trinajstić information content (AvgIpc) is 3.82. The van der Waals surface area contributed by atoms with E-state index in [-0.39, 0.29) is 0 Å². The number of pyridine rings is 1. The number of fused-ring (bicyclic) bond motifs is 12. The van der Waals surface area contributed by atoms with Crippen molar-refractivity contribution in [2.24, 2.45) is 0 Å². The molecule has 0 atom stereocenters. The number of aromatic nitrogens is 4. The van der Waals surface area contributed by atoms with Crippen molar-refractivity contribution in [3.8, 4) is 78.8 Å². The van der Waals surface area contributed by atoms with Crippen LogP contribution >= 0.6 is 0 Å². The molecule has 0 bridgehead atoms. The Morgan fingerprint density at radius 2 is 0.762 bits per heavy atom. The summed E-state index contributed by atoms with van der Waals surface area (Å²) in [6.07, 6.45) is 0. The van der Waals surface area contributed by atoms with E-state index in [2.05, 4.69) is 182 Å². The second kappa shape index (κ2) is 13.8. The molecule has 2 aliphatic carbocycles. The molecule has 292 valence electrons. The van der Waals surface area contributed by atoms with Crippen LogP contribution in [0, 0.1) is 0 Å². The lowest BCUT2D eigenvalue weighted by molar-refractivity contribution is 0.794. The number of benzene rings is 9. The van der Waals surface area contributed by atoms with Crippen LogP contribution in [-0.2, 0) is 5.41 Å². The average molecular weight is 801 g/mol. The number of hydrogen-bond acceptors (Lipinski definition) is 4. The largest absolute Gasteiger partial charge is 0.248 e. The summed E-state index contributed by atoms with van der Waals surface area (Å²) in [5, 5.41) is 3.26. The van der Waals surface area contributed by atoms with Gasteiger partial charge >= 0.3 is 0 Å². The van der Waals surface area contributed by atoms with E-state index in [1.54, 1.807) is 0 Å². The molecular formula is C59H36N4. The number of rotatable bonds is 5. The second-order valence-electron chi connectivity index (χ2n) is 16.5. The van der Waals surface area contributed by atoms with Gasteiger partial charge in [-0.2, -0.15) is 0 Å². The molecule has 9 aromatic carbocycles. The summed E-state index contributed by atoms with van der Waals surface area (Å²) < 4.78 is 0. The lowest BCUT2D eigenvalue weighted by Gasteiger charge is -2.30. The summed E-state index contributed by atoms with van der Waals surface area (Å²) in [7, 11) is 0. The van der Waals surface area contributed by atoms with Gasteiger partial charge in [0, 0.05) is 27.6 Å². The van der Waals surface area contributed by atoms with Crippen molar-refractivity contribution in [2.45, 2.75) is 5.41 Å². The van der Waals surface area contributed by atoms with Crippen LogP contribution in [0.2, 0.25) is 0 Å². The molecule has 2 aliphatic rings. The molecule has 0 aliphatic heterocycles.